The molecule has 0 fully saturated rings. The van der Waals surface area contributed by atoms with E-state index in [9.17, 15) is 0 Å². The number of fused-ring (bicyclic) bond motifs is 7. The minimum absolute atomic E-state index is 0.604. The van der Waals surface area contributed by atoms with Crippen LogP contribution in [0.1, 0.15) is 0 Å². The van der Waals surface area contributed by atoms with E-state index in [2.05, 4.69) is 211 Å². The summed E-state index contributed by atoms with van der Waals surface area (Å²) in [5, 5.41) is 4.99. The predicted molar refractivity (Wildman–Crippen MR) is 260 cm³/mol. The number of hydrogen-bond donors (Lipinski definition) is 0. The lowest BCUT2D eigenvalue weighted by molar-refractivity contribution is 1.07. The molecule has 290 valence electrons. The summed E-state index contributed by atoms with van der Waals surface area (Å²) in [6.07, 6.45) is 0. The Labute approximate surface area is 362 Å². The Morgan fingerprint density at radius 1 is 0.306 bits per heavy atom. The molecular weight excluding hydrogens is 773 g/mol. The fourth-order valence-electron chi connectivity index (χ4n) is 8.87. The van der Waals surface area contributed by atoms with Crippen LogP contribution in [0.2, 0.25) is 0 Å². The third kappa shape index (κ3) is 6.26. The highest BCUT2D eigenvalue weighted by Crippen LogP contribution is 2.44. The van der Waals surface area contributed by atoms with Crippen molar-refractivity contribution in [2.45, 2.75) is 0 Å². The predicted octanol–water partition coefficient (Wildman–Crippen LogP) is 15.3. The molecule has 0 saturated heterocycles. The molecule has 9 aromatic carbocycles. The van der Waals surface area contributed by atoms with E-state index in [0.717, 1.165) is 61.3 Å². The molecule has 62 heavy (non-hydrogen) atoms. The molecule has 12 aromatic rings. The van der Waals surface area contributed by atoms with E-state index in [-0.39, 0.29) is 0 Å². The summed E-state index contributed by atoms with van der Waals surface area (Å²) in [6.45, 7) is 0. The first-order valence-electron chi connectivity index (χ1n) is 20.8. The van der Waals surface area contributed by atoms with Gasteiger partial charge >= 0.3 is 0 Å². The minimum Gasteiger partial charge on any atom is -0.308 e. The van der Waals surface area contributed by atoms with Crippen LogP contribution in [0.5, 0.6) is 0 Å². The number of hydrogen-bond acceptors (Lipinski definition) is 4. The zero-order valence-electron chi connectivity index (χ0n) is 33.5. The van der Waals surface area contributed by atoms with Gasteiger partial charge in [-0.15, -0.1) is 11.3 Å². The fourth-order valence-corrected chi connectivity index (χ4v) is 10.1. The molecule has 3 aromatic heterocycles. The van der Waals surface area contributed by atoms with Crippen LogP contribution in [0.15, 0.2) is 218 Å². The summed E-state index contributed by atoms with van der Waals surface area (Å²) in [5.74, 6) is 1.83. The van der Waals surface area contributed by atoms with Crippen molar-refractivity contribution < 1.29 is 0 Å². The number of thiophene rings is 1. The van der Waals surface area contributed by atoms with Gasteiger partial charge in [-0.3, -0.25) is 0 Å². The summed E-state index contributed by atoms with van der Waals surface area (Å²) in [4.78, 5) is 15.9. The SMILES string of the molecule is c1ccc(-c2cccc(-c3nc(-c4cccc(-c5ccccc5)c4)nc(-c4cc(-c5ccccc5)cc(-n5c6ccccc6c6ccc7c8ccccc8sc7c65)c4)n3)c2)cc1. The minimum atomic E-state index is 0.604. The van der Waals surface area contributed by atoms with Gasteiger partial charge in [0.2, 0.25) is 0 Å². The second kappa shape index (κ2) is 14.9. The normalized spacial score (nSPS) is 11.5. The van der Waals surface area contributed by atoms with E-state index in [0.29, 0.717) is 17.5 Å². The van der Waals surface area contributed by atoms with E-state index in [4.69, 9.17) is 15.0 Å². The van der Waals surface area contributed by atoms with Crippen LogP contribution in [0, 0.1) is 0 Å². The standard InChI is InChI=1S/C57H36N4S/c1-4-16-37(17-5-1)40-22-14-24-42(32-40)55-58-56(43-25-15-23-41(33-43)38-18-6-2-7-19-38)60-57(59-55)45-34-44(39-20-8-3-9-21-39)35-46(36-45)61-51-28-12-10-26-47(51)49-30-31-50-48-27-11-13-29-52(48)62-54(50)53(49)61/h1-36H. The lowest BCUT2D eigenvalue weighted by Gasteiger charge is -2.15. The molecule has 0 aliphatic carbocycles. The molecule has 3 heterocycles. The molecule has 0 spiro atoms. The Morgan fingerprint density at radius 2 is 0.758 bits per heavy atom. The summed E-state index contributed by atoms with van der Waals surface area (Å²) in [6, 6.07) is 77.4. The average Bonchev–Trinajstić information content (AvgIpc) is 3.91. The Hall–Kier alpha value is -7.99. The highest BCUT2D eigenvalue weighted by molar-refractivity contribution is 7.26. The van der Waals surface area contributed by atoms with Crippen molar-refractivity contribution >= 4 is 53.3 Å². The van der Waals surface area contributed by atoms with Gasteiger partial charge in [-0.1, -0.05) is 176 Å². The van der Waals surface area contributed by atoms with Gasteiger partial charge < -0.3 is 4.57 Å². The van der Waals surface area contributed by atoms with E-state index < -0.39 is 0 Å². The maximum atomic E-state index is 5.35. The first-order valence-corrected chi connectivity index (χ1v) is 21.7. The highest BCUT2D eigenvalue weighted by Gasteiger charge is 2.21. The van der Waals surface area contributed by atoms with E-state index >= 15 is 0 Å². The van der Waals surface area contributed by atoms with Crippen LogP contribution >= 0.6 is 11.3 Å². The summed E-state index contributed by atoms with van der Waals surface area (Å²) >= 11 is 1.86. The van der Waals surface area contributed by atoms with E-state index in [1.54, 1.807) is 0 Å². The molecule has 0 saturated carbocycles. The van der Waals surface area contributed by atoms with Gasteiger partial charge in [0.05, 0.1) is 15.7 Å². The second-order valence-electron chi connectivity index (χ2n) is 15.6. The molecule has 0 radical (unpaired) electrons. The summed E-state index contributed by atoms with van der Waals surface area (Å²) < 4.78 is 5.00. The third-order valence-corrected chi connectivity index (χ3v) is 13.0. The number of nitrogens with zero attached hydrogens (tertiary/aromatic N) is 4. The Kier molecular flexibility index (Phi) is 8.65. The molecule has 4 nitrogen and oxygen atoms in total. The fraction of sp³-hybridized carbons (Fsp3) is 0. The van der Waals surface area contributed by atoms with Gasteiger partial charge in [0, 0.05) is 48.6 Å². The Balaban J connectivity index is 1.12. The van der Waals surface area contributed by atoms with Gasteiger partial charge in [-0.25, -0.2) is 15.0 Å². The van der Waals surface area contributed by atoms with Gasteiger partial charge in [-0.2, -0.15) is 0 Å². The number of benzene rings is 9. The highest BCUT2D eigenvalue weighted by atomic mass is 32.1. The maximum absolute atomic E-state index is 5.35. The number of aromatic nitrogens is 4. The zero-order chi connectivity index (χ0) is 41.0. The van der Waals surface area contributed by atoms with Crippen LogP contribution in [-0.4, -0.2) is 19.5 Å². The van der Waals surface area contributed by atoms with Crippen molar-refractivity contribution in [3.05, 3.63) is 218 Å². The van der Waals surface area contributed by atoms with Crippen LogP contribution in [0.25, 0.3) is 115 Å². The van der Waals surface area contributed by atoms with Crippen molar-refractivity contribution in [3.8, 4) is 73.2 Å². The zero-order valence-corrected chi connectivity index (χ0v) is 34.3. The van der Waals surface area contributed by atoms with Crippen LogP contribution in [-0.2, 0) is 0 Å². The van der Waals surface area contributed by atoms with Gasteiger partial charge in [0.15, 0.2) is 17.5 Å². The molecule has 5 heteroatoms. The number of para-hydroxylation sites is 1. The van der Waals surface area contributed by atoms with E-state index in [1.165, 1.54) is 36.5 Å². The number of rotatable bonds is 7. The monoisotopic (exact) mass is 808 g/mol. The topological polar surface area (TPSA) is 43.6 Å². The largest absolute Gasteiger partial charge is 0.308 e. The Morgan fingerprint density at radius 3 is 1.39 bits per heavy atom. The van der Waals surface area contributed by atoms with Crippen molar-refractivity contribution in [3.63, 3.8) is 0 Å². The third-order valence-electron chi connectivity index (χ3n) is 11.8. The summed E-state index contributed by atoms with van der Waals surface area (Å²) in [5.41, 5.74) is 12.8. The van der Waals surface area contributed by atoms with Crippen molar-refractivity contribution in [1.82, 2.24) is 19.5 Å². The molecule has 0 N–H and O–H groups in total. The molecule has 0 bridgehead atoms. The van der Waals surface area contributed by atoms with Crippen molar-refractivity contribution in [2.75, 3.05) is 0 Å². The molecule has 0 aliphatic heterocycles. The van der Waals surface area contributed by atoms with Crippen LogP contribution in [0.3, 0.4) is 0 Å². The van der Waals surface area contributed by atoms with Gasteiger partial charge in [-0.05, 0) is 75.8 Å². The second-order valence-corrected chi connectivity index (χ2v) is 16.7. The van der Waals surface area contributed by atoms with Crippen LogP contribution in [0.4, 0.5) is 0 Å². The van der Waals surface area contributed by atoms with Crippen molar-refractivity contribution in [2.24, 2.45) is 0 Å². The molecular formula is C57H36N4S. The quantitative estimate of drug-likeness (QED) is 0.161. The smallest absolute Gasteiger partial charge is 0.164 e. The first kappa shape index (κ1) is 35.9. The molecule has 0 amide bonds. The van der Waals surface area contributed by atoms with Crippen LogP contribution < -0.4 is 0 Å². The lowest BCUT2D eigenvalue weighted by Crippen LogP contribution is -2.02. The first-order chi connectivity index (χ1) is 30.7. The maximum Gasteiger partial charge on any atom is 0.164 e. The van der Waals surface area contributed by atoms with E-state index in [1.807, 2.05) is 23.5 Å². The van der Waals surface area contributed by atoms with Gasteiger partial charge in [0.1, 0.15) is 0 Å². The summed E-state index contributed by atoms with van der Waals surface area (Å²) in [7, 11) is 0. The molecule has 0 unspecified atom stereocenters. The molecule has 0 atom stereocenters. The molecule has 0 aliphatic rings. The van der Waals surface area contributed by atoms with Gasteiger partial charge in [0.25, 0.3) is 0 Å². The van der Waals surface area contributed by atoms with Crippen molar-refractivity contribution in [1.29, 1.82) is 0 Å². The Bertz CT molecular complexity index is 3530. The molecule has 12 rings (SSSR count). The lowest BCUT2D eigenvalue weighted by atomic mass is 10.0. The average molecular weight is 809 g/mol.